The van der Waals surface area contributed by atoms with Gasteiger partial charge in [-0.1, -0.05) is 30.2 Å². The number of benzene rings is 1. The van der Waals surface area contributed by atoms with Crippen molar-refractivity contribution >= 4 is 11.6 Å². The first-order chi connectivity index (χ1) is 8.61. The molecule has 1 atom stereocenters. The van der Waals surface area contributed by atoms with Crippen LogP contribution in [0.25, 0.3) is 5.69 Å². The first-order valence-corrected chi connectivity index (χ1v) is 6.13. The minimum Gasteiger partial charge on any atom is -0.323 e. The van der Waals surface area contributed by atoms with E-state index in [-0.39, 0.29) is 11.7 Å². The molecule has 2 aromatic rings. The Labute approximate surface area is 110 Å². The van der Waals surface area contributed by atoms with Crippen molar-refractivity contribution in [3.63, 3.8) is 0 Å². The normalized spacial score (nSPS) is 12.7. The van der Waals surface area contributed by atoms with E-state index in [9.17, 15) is 4.39 Å². The second-order valence-electron chi connectivity index (χ2n) is 4.08. The summed E-state index contributed by atoms with van der Waals surface area (Å²) >= 11 is 5.83. The summed E-state index contributed by atoms with van der Waals surface area (Å²) in [6.07, 6.45) is 3.41. The van der Waals surface area contributed by atoms with Crippen molar-refractivity contribution in [3.05, 3.63) is 40.9 Å². The second kappa shape index (κ2) is 5.46. The number of hydrogen-bond acceptors (Lipinski definition) is 3. The van der Waals surface area contributed by atoms with Crippen LogP contribution in [0.15, 0.2) is 24.4 Å². The van der Waals surface area contributed by atoms with Gasteiger partial charge < -0.3 is 5.73 Å². The molecule has 0 fully saturated rings. The Morgan fingerprint density at radius 3 is 3.00 bits per heavy atom. The van der Waals surface area contributed by atoms with E-state index in [1.54, 1.807) is 6.20 Å². The lowest BCUT2D eigenvalue weighted by atomic mass is 10.1. The van der Waals surface area contributed by atoms with Crippen LogP contribution in [0.2, 0.25) is 5.02 Å². The Balaban J connectivity index is 2.32. The van der Waals surface area contributed by atoms with Gasteiger partial charge in [0.15, 0.2) is 0 Å². The number of nitrogens with zero attached hydrogens (tertiary/aromatic N) is 3. The molecule has 2 N–H and O–H groups in total. The summed E-state index contributed by atoms with van der Waals surface area (Å²) in [6.45, 7) is 2.04. The molecule has 1 unspecified atom stereocenters. The molecular weight excluding hydrogens is 255 g/mol. The van der Waals surface area contributed by atoms with Gasteiger partial charge in [0, 0.05) is 5.02 Å². The fourth-order valence-corrected chi connectivity index (χ4v) is 1.85. The molecule has 1 heterocycles. The van der Waals surface area contributed by atoms with Crippen LogP contribution in [-0.2, 0) is 0 Å². The van der Waals surface area contributed by atoms with E-state index in [1.807, 2.05) is 6.92 Å². The third-order valence-electron chi connectivity index (χ3n) is 2.65. The molecule has 0 saturated carbocycles. The van der Waals surface area contributed by atoms with Gasteiger partial charge in [0.05, 0.1) is 17.9 Å². The van der Waals surface area contributed by atoms with Crippen LogP contribution in [0.4, 0.5) is 4.39 Å². The average molecular weight is 269 g/mol. The number of aromatic nitrogens is 3. The summed E-state index contributed by atoms with van der Waals surface area (Å²) in [5.41, 5.74) is 6.85. The zero-order chi connectivity index (χ0) is 13.1. The first-order valence-electron chi connectivity index (χ1n) is 5.75. The zero-order valence-electron chi connectivity index (χ0n) is 9.98. The van der Waals surface area contributed by atoms with Gasteiger partial charge in [0.25, 0.3) is 0 Å². The Kier molecular flexibility index (Phi) is 3.93. The highest BCUT2D eigenvalue weighted by atomic mass is 35.5. The third-order valence-corrected chi connectivity index (χ3v) is 2.88. The first kappa shape index (κ1) is 13.0. The van der Waals surface area contributed by atoms with E-state index < -0.39 is 5.82 Å². The maximum absolute atomic E-state index is 13.6. The van der Waals surface area contributed by atoms with Gasteiger partial charge in [0.1, 0.15) is 11.5 Å². The lowest BCUT2D eigenvalue weighted by molar-refractivity contribution is 0.606. The van der Waals surface area contributed by atoms with E-state index in [1.165, 1.54) is 22.9 Å². The van der Waals surface area contributed by atoms with Crippen LogP contribution < -0.4 is 5.73 Å². The van der Waals surface area contributed by atoms with Gasteiger partial charge in [-0.3, -0.25) is 0 Å². The van der Waals surface area contributed by atoms with Gasteiger partial charge in [-0.25, -0.2) is 9.07 Å². The van der Waals surface area contributed by atoms with Crippen LogP contribution in [0, 0.1) is 5.82 Å². The molecule has 0 aliphatic carbocycles. The largest absolute Gasteiger partial charge is 0.323 e. The van der Waals surface area contributed by atoms with Crippen molar-refractivity contribution in [2.75, 3.05) is 0 Å². The molecule has 0 radical (unpaired) electrons. The van der Waals surface area contributed by atoms with Crippen molar-refractivity contribution in [2.24, 2.45) is 5.73 Å². The fraction of sp³-hybridized carbons (Fsp3) is 0.333. The van der Waals surface area contributed by atoms with E-state index in [2.05, 4.69) is 10.3 Å². The van der Waals surface area contributed by atoms with Gasteiger partial charge in [-0.05, 0) is 24.6 Å². The van der Waals surface area contributed by atoms with Crippen LogP contribution in [-0.4, -0.2) is 15.0 Å². The van der Waals surface area contributed by atoms with Crippen LogP contribution in [0.1, 0.15) is 31.5 Å². The maximum atomic E-state index is 13.6. The van der Waals surface area contributed by atoms with E-state index in [0.717, 1.165) is 12.8 Å². The predicted octanol–water partition coefficient (Wildman–Crippen LogP) is 2.86. The summed E-state index contributed by atoms with van der Waals surface area (Å²) in [4.78, 5) is 0. The number of halogens is 2. The highest BCUT2D eigenvalue weighted by Crippen LogP contribution is 2.19. The van der Waals surface area contributed by atoms with E-state index in [0.29, 0.717) is 10.7 Å². The molecule has 4 nitrogen and oxygen atoms in total. The smallest absolute Gasteiger partial charge is 0.149 e. The minimum absolute atomic E-state index is 0.175. The lowest BCUT2D eigenvalue weighted by Gasteiger charge is -2.05. The molecule has 0 bridgehead atoms. The molecule has 0 spiro atoms. The van der Waals surface area contributed by atoms with E-state index in [4.69, 9.17) is 17.3 Å². The highest BCUT2D eigenvalue weighted by Gasteiger charge is 2.12. The third kappa shape index (κ3) is 2.68. The Morgan fingerprint density at radius 2 is 2.28 bits per heavy atom. The summed E-state index contributed by atoms with van der Waals surface area (Å²) in [6, 6.07) is 4.11. The number of rotatable bonds is 4. The molecule has 6 heteroatoms. The standard InChI is InChI=1S/C12H14ClFN4/c1-2-3-10(15)11-7-18(17-16-11)12-6-8(13)4-5-9(12)14/h4-7,10H,2-3,15H2,1H3. The van der Waals surface area contributed by atoms with Gasteiger partial charge in [-0.15, -0.1) is 5.10 Å². The van der Waals surface area contributed by atoms with Crippen molar-refractivity contribution in [1.29, 1.82) is 0 Å². The number of hydrogen-bond donors (Lipinski definition) is 1. The second-order valence-corrected chi connectivity index (χ2v) is 4.52. The summed E-state index contributed by atoms with van der Waals surface area (Å²) in [5, 5.41) is 8.29. The van der Waals surface area contributed by atoms with Crippen LogP contribution in [0.3, 0.4) is 0 Å². The molecular formula is C12H14ClFN4. The topological polar surface area (TPSA) is 56.7 Å². The van der Waals surface area contributed by atoms with Crippen molar-refractivity contribution in [1.82, 2.24) is 15.0 Å². The van der Waals surface area contributed by atoms with Gasteiger partial charge >= 0.3 is 0 Å². The monoisotopic (exact) mass is 268 g/mol. The summed E-state index contributed by atoms with van der Waals surface area (Å²) < 4.78 is 15.0. The lowest BCUT2D eigenvalue weighted by Crippen LogP contribution is -2.10. The van der Waals surface area contributed by atoms with Crippen molar-refractivity contribution < 1.29 is 4.39 Å². The van der Waals surface area contributed by atoms with Gasteiger partial charge in [-0.2, -0.15) is 0 Å². The molecule has 0 aliphatic heterocycles. The molecule has 0 aliphatic rings. The van der Waals surface area contributed by atoms with Crippen molar-refractivity contribution in [3.8, 4) is 5.69 Å². The zero-order valence-corrected chi connectivity index (χ0v) is 10.7. The Hall–Kier alpha value is -1.46. The quantitative estimate of drug-likeness (QED) is 0.928. The molecule has 96 valence electrons. The highest BCUT2D eigenvalue weighted by molar-refractivity contribution is 6.30. The van der Waals surface area contributed by atoms with Gasteiger partial charge in [0.2, 0.25) is 0 Å². The molecule has 2 rings (SSSR count). The fourth-order valence-electron chi connectivity index (χ4n) is 1.68. The molecule has 1 aromatic carbocycles. The predicted molar refractivity (Wildman–Crippen MR) is 68.2 cm³/mol. The van der Waals surface area contributed by atoms with E-state index >= 15 is 0 Å². The Morgan fingerprint density at radius 1 is 1.50 bits per heavy atom. The van der Waals surface area contributed by atoms with Crippen LogP contribution in [0.5, 0.6) is 0 Å². The average Bonchev–Trinajstić information content (AvgIpc) is 2.82. The summed E-state index contributed by atoms with van der Waals surface area (Å²) in [5.74, 6) is -0.403. The molecule has 1 aromatic heterocycles. The Bertz CT molecular complexity index is 541. The maximum Gasteiger partial charge on any atom is 0.149 e. The molecule has 0 amide bonds. The van der Waals surface area contributed by atoms with Crippen molar-refractivity contribution in [2.45, 2.75) is 25.8 Å². The molecule has 0 saturated heterocycles. The molecule has 18 heavy (non-hydrogen) atoms. The summed E-state index contributed by atoms with van der Waals surface area (Å²) in [7, 11) is 0. The number of nitrogens with two attached hydrogens (primary N) is 1. The SMILES string of the molecule is CCCC(N)c1cn(-c2cc(Cl)ccc2F)nn1. The van der Waals surface area contributed by atoms with Crippen LogP contribution >= 0.6 is 11.6 Å². The minimum atomic E-state index is -0.403.